The maximum atomic E-state index is 13.1. The van der Waals surface area contributed by atoms with E-state index in [4.69, 9.17) is 18.9 Å². The Balaban J connectivity index is 1.87. The van der Waals surface area contributed by atoms with Crippen molar-refractivity contribution in [3.63, 3.8) is 0 Å². The zero-order chi connectivity index (χ0) is 43.3. The molecule has 0 radical (unpaired) electrons. The van der Waals surface area contributed by atoms with E-state index < -0.39 is 86.8 Å². The predicted molar refractivity (Wildman–Crippen MR) is 226 cm³/mol. The Kier molecular flexibility index (Phi) is 29.7. The van der Waals surface area contributed by atoms with Gasteiger partial charge in [0.25, 0.3) is 0 Å². The maximum absolute atomic E-state index is 13.1. The van der Waals surface area contributed by atoms with Gasteiger partial charge in [0.1, 0.15) is 48.8 Å². The summed E-state index contributed by atoms with van der Waals surface area (Å²) < 4.78 is 22.6. The van der Waals surface area contributed by atoms with Crippen LogP contribution in [0.4, 0.5) is 0 Å². The number of aliphatic hydroxyl groups is 8. The molecule has 0 aromatic heterocycles. The zero-order valence-electron chi connectivity index (χ0n) is 36.0. The summed E-state index contributed by atoms with van der Waals surface area (Å²) in [7, 11) is 0. The highest BCUT2D eigenvalue weighted by Crippen LogP contribution is 2.30. The van der Waals surface area contributed by atoms with Crippen LogP contribution in [0.2, 0.25) is 0 Å². The number of carbonyl (C=O) groups is 1. The lowest BCUT2D eigenvalue weighted by Gasteiger charge is -2.46. The fourth-order valence-corrected chi connectivity index (χ4v) is 7.39. The van der Waals surface area contributed by atoms with Crippen molar-refractivity contribution in [2.24, 2.45) is 0 Å². The number of aliphatic hydroxyl groups excluding tert-OH is 8. The molecule has 0 aliphatic carbocycles. The van der Waals surface area contributed by atoms with Crippen LogP contribution in [0.25, 0.3) is 0 Å². The van der Waals surface area contributed by atoms with Crippen LogP contribution in [-0.2, 0) is 23.7 Å². The topological polar surface area (TPSA) is 228 Å². The number of hydrogen-bond acceptors (Lipinski definition) is 13. The fraction of sp³-hybridized carbons (Fsp3) is 0.844. The molecule has 9 N–H and O–H groups in total. The van der Waals surface area contributed by atoms with Crippen LogP contribution >= 0.6 is 0 Å². The molecule has 14 nitrogen and oxygen atoms in total. The second-order valence-corrected chi connectivity index (χ2v) is 16.2. The van der Waals surface area contributed by atoms with Crippen molar-refractivity contribution in [3.05, 3.63) is 36.5 Å². The lowest BCUT2D eigenvalue weighted by molar-refractivity contribution is -0.359. The first-order valence-corrected chi connectivity index (χ1v) is 22.7. The maximum Gasteiger partial charge on any atom is 0.220 e. The Bertz CT molecular complexity index is 1140. The molecule has 1 amide bonds. The molecule has 2 rings (SSSR count). The summed E-state index contributed by atoms with van der Waals surface area (Å²) in [4.78, 5) is 13.1. The van der Waals surface area contributed by atoms with Crippen molar-refractivity contribution in [3.8, 4) is 0 Å². The van der Waals surface area contributed by atoms with Crippen LogP contribution < -0.4 is 5.32 Å². The Morgan fingerprint density at radius 3 is 1.66 bits per heavy atom. The van der Waals surface area contributed by atoms with Gasteiger partial charge >= 0.3 is 0 Å². The van der Waals surface area contributed by atoms with E-state index in [1.165, 1.54) is 77.0 Å². The minimum Gasteiger partial charge on any atom is -0.394 e. The summed E-state index contributed by atoms with van der Waals surface area (Å²) >= 11 is 0. The molecule has 12 unspecified atom stereocenters. The molecule has 0 bridgehead atoms. The second kappa shape index (κ2) is 32.9. The summed E-state index contributed by atoms with van der Waals surface area (Å²) in [6.07, 6.45) is 18.0. The standard InChI is InChI=1S/C45H81NO13/c1-3-5-7-9-11-13-14-15-16-17-18-19-21-23-25-27-29-37(50)46-33(34(49)28-26-24-22-20-12-10-8-6-4-2)32-56-44-42(55)40(53)43(36(31-48)58-44)59-45-41(54)39(52)38(51)35(30-47)57-45/h4,6,12,20,26,28,33-36,38-45,47-49,51-55H,3,5,7-11,13-19,21-25,27,29-32H2,1-2H3,(H,46,50)/b6-4+,20-12+,28-26+. The van der Waals surface area contributed by atoms with Gasteiger partial charge in [-0.2, -0.15) is 0 Å². The molecule has 0 saturated carbocycles. The Morgan fingerprint density at radius 2 is 1.12 bits per heavy atom. The molecule has 0 aromatic rings. The molecule has 14 heteroatoms. The quantitative estimate of drug-likeness (QED) is 0.0331. The minimum absolute atomic E-state index is 0.258. The summed E-state index contributed by atoms with van der Waals surface area (Å²) in [5.74, 6) is -0.258. The molecular formula is C45H81NO13. The molecule has 2 saturated heterocycles. The first-order chi connectivity index (χ1) is 28.6. The van der Waals surface area contributed by atoms with Crippen molar-refractivity contribution in [1.29, 1.82) is 0 Å². The van der Waals surface area contributed by atoms with E-state index in [9.17, 15) is 45.6 Å². The van der Waals surface area contributed by atoms with Gasteiger partial charge in [0.15, 0.2) is 12.6 Å². The molecule has 2 aliphatic heterocycles. The molecule has 0 spiro atoms. The minimum atomic E-state index is -1.79. The summed E-state index contributed by atoms with van der Waals surface area (Å²) in [6.45, 7) is 2.50. The number of nitrogens with one attached hydrogen (secondary N) is 1. The van der Waals surface area contributed by atoms with Crippen LogP contribution in [-0.4, -0.2) is 140 Å². The number of allylic oxidation sites excluding steroid dienone is 5. The predicted octanol–water partition coefficient (Wildman–Crippen LogP) is 4.37. The van der Waals surface area contributed by atoms with Crippen LogP contribution in [0.5, 0.6) is 0 Å². The highest BCUT2D eigenvalue weighted by atomic mass is 16.7. The molecule has 344 valence electrons. The Hall–Kier alpha value is -1.79. The lowest BCUT2D eigenvalue weighted by atomic mass is 9.97. The van der Waals surface area contributed by atoms with E-state index in [2.05, 4.69) is 30.5 Å². The van der Waals surface area contributed by atoms with E-state index in [0.717, 1.165) is 38.5 Å². The van der Waals surface area contributed by atoms with Gasteiger partial charge in [-0.1, -0.05) is 140 Å². The summed E-state index contributed by atoms with van der Waals surface area (Å²) in [5, 5.41) is 86.3. The van der Waals surface area contributed by atoms with Gasteiger partial charge in [-0.15, -0.1) is 0 Å². The average molecular weight is 844 g/mol. The van der Waals surface area contributed by atoms with E-state index in [1.807, 2.05) is 19.1 Å². The van der Waals surface area contributed by atoms with Gasteiger partial charge in [0, 0.05) is 6.42 Å². The normalized spacial score (nSPS) is 28.8. The molecule has 12 atom stereocenters. The van der Waals surface area contributed by atoms with Crippen LogP contribution in [0.1, 0.15) is 149 Å². The van der Waals surface area contributed by atoms with Crippen LogP contribution in [0, 0.1) is 0 Å². The third kappa shape index (κ3) is 21.2. The third-order valence-corrected chi connectivity index (χ3v) is 11.2. The molecule has 2 fully saturated rings. The van der Waals surface area contributed by atoms with Crippen molar-refractivity contribution in [1.82, 2.24) is 5.32 Å². The summed E-state index contributed by atoms with van der Waals surface area (Å²) in [5.41, 5.74) is 0. The van der Waals surface area contributed by atoms with E-state index >= 15 is 0 Å². The number of unbranched alkanes of at least 4 members (excludes halogenated alkanes) is 17. The molecule has 59 heavy (non-hydrogen) atoms. The molecular weight excluding hydrogens is 762 g/mol. The van der Waals surface area contributed by atoms with Crippen molar-refractivity contribution < 1.29 is 64.6 Å². The second-order valence-electron chi connectivity index (χ2n) is 16.2. The highest BCUT2D eigenvalue weighted by molar-refractivity contribution is 5.76. The smallest absolute Gasteiger partial charge is 0.220 e. The van der Waals surface area contributed by atoms with Crippen LogP contribution in [0.3, 0.4) is 0 Å². The molecule has 0 aromatic carbocycles. The molecule has 2 heterocycles. The Morgan fingerprint density at radius 1 is 0.627 bits per heavy atom. The van der Waals surface area contributed by atoms with E-state index in [-0.39, 0.29) is 18.9 Å². The number of amides is 1. The van der Waals surface area contributed by atoms with Gasteiger partial charge in [-0.3, -0.25) is 4.79 Å². The number of hydrogen-bond donors (Lipinski definition) is 9. The van der Waals surface area contributed by atoms with E-state index in [1.54, 1.807) is 6.08 Å². The monoisotopic (exact) mass is 844 g/mol. The average Bonchev–Trinajstić information content (AvgIpc) is 3.23. The number of ether oxygens (including phenoxy) is 4. The van der Waals surface area contributed by atoms with Crippen LogP contribution in [0.15, 0.2) is 36.5 Å². The Labute approximate surface area is 353 Å². The number of rotatable bonds is 33. The summed E-state index contributed by atoms with van der Waals surface area (Å²) in [6, 6.07) is -0.931. The van der Waals surface area contributed by atoms with Gasteiger partial charge in [-0.05, 0) is 39.0 Å². The number of carbonyl (C=O) groups excluding carboxylic acids is 1. The van der Waals surface area contributed by atoms with Gasteiger partial charge < -0.3 is 65.1 Å². The first-order valence-electron chi connectivity index (χ1n) is 22.7. The van der Waals surface area contributed by atoms with E-state index in [0.29, 0.717) is 12.8 Å². The SMILES string of the molecule is C/C=C/CC/C=C/CC/C=C/C(O)C(COC1OC(CO)C(OC2OC(CO)C(O)C(O)C2O)C(O)C1O)NC(=O)CCCCCCCCCCCCCCCCCC. The fourth-order valence-electron chi connectivity index (χ4n) is 7.39. The van der Waals surface area contributed by atoms with Crippen molar-refractivity contribution in [2.45, 2.75) is 222 Å². The van der Waals surface area contributed by atoms with Gasteiger partial charge in [-0.25, -0.2) is 0 Å². The van der Waals surface area contributed by atoms with Gasteiger partial charge in [0.2, 0.25) is 5.91 Å². The van der Waals surface area contributed by atoms with Crippen molar-refractivity contribution >= 4 is 5.91 Å². The molecule has 2 aliphatic rings. The van der Waals surface area contributed by atoms with Gasteiger partial charge in [0.05, 0.1) is 32.0 Å². The lowest BCUT2D eigenvalue weighted by Crippen LogP contribution is -2.65. The first kappa shape index (κ1) is 53.3. The third-order valence-electron chi connectivity index (χ3n) is 11.2. The largest absolute Gasteiger partial charge is 0.394 e. The van der Waals surface area contributed by atoms with Crippen molar-refractivity contribution in [2.75, 3.05) is 19.8 Å². The highest BCUT2D eigenvalue weighted by Gasteiger charge is 2.50. The zero-order valence-corrected chi connectivity index (χ0v) is 36.0.